The van der Waals surface area contributed by atoms with Gasteiger partial charge in [0.2, 0.25) is 15.5 Å². The summed E-state index contributed by atoms with van der Waals surface area (Å²) in [5.74, 6) is 0.709. The number of nitrogens with zero attached hydrogens (tertiary/aromatic N) is 4. The van der Waals surface area contributed by atoms with Crippen LogP contribution in [0.5, 0.6) is 0 Å². The Morgan fingerprint density at radius 3 is 2.77 bits per heavy atom. The minimum absolute atomic E-state index is 0.0120. The number of nitrogens with one attached hydrogen (secondary N) is 3. The molecule has 0 spiro atoms. The molecule has 2 aromatic heterocycles. The summed E-state index contributed by atoms with van der Waals surface area (Å²) >= 11 is 0. The summed E-state index contributed by atoms with van der Waals surface area (Å²) in [6, 6.07) is 10.5. The van der Waals surface area contributed by atoms with Crippen LogP contribution in [0.25, 0.3) is 11.2 Å². The molecule has 3 aromatic rings. The Hall–Kier alpha value is -2.59. The van der Waals surface area contributed by atoms with Crippen molar-refractivity contribution in [3.8, 4) is 0 Å². The quantitative estimate of drug-likeness (QED) is 0.419. The molecular formula is C16H19N7O2S. The summed E-state index contributed by atoms with van der Waals surface area (Å²) in [4.78, 5) is 8.19. The molecule has 0 radical (unpaired) electrons. The van der Waals surface area contributed by atoms with Gasteiger partial charge in [0.25, 0.3) is 5.16 Å². The SMILES string of the molecule is CCCS(=O)(=O)c1nc(NNC2CC2c2ccccc2)c2n[nH]nc2n1. The zero-order chi connectivity index (χ0) is 18.1. The third-order valence-corrected chi connectivity index (χ3v) is 5.99. The van der Waals surface area contributed by atoms with Crippen molar-refractivity contribution in [3.63, 3.8) is 0 Å². The van der Waals surface area contributed by atoms with E-state index in [1.54, 1.807) is 6.92 Å². The molecule has 0 aliphatic heterocycles. The van der Waals surface area contributed by atoms with Crippen LogP contribution in [-0.4, -0.2) is 45.6 Å². The van der Waals surface area contributed by atoms with E-state index in [-0.39, 0.29) is 22.6 Å². The van der Waals surface area contributed by atoms with Crippen LogP contribution in [0.2, 0.25) is 0 Å². The topological polar surface area (TPSA) is 126 Å². The number of H-pyrrole nitrogens is 1. The van der Waals surface area contributed by atoms with Crippen LogP contribution in [-0.2, 0) is 9.84 Å². The maximum absolute atomic E-state index is 12.3. The molecule has 1 aliphatic carbocycles. The monoisotopic (exact) mass is 373 g/mol. The van der Waals surface area contributed by atoms with Crippen molar-refractivity contribution >= 4 is 26.8 Å². The molecule has 4 rings (SSSR count). The molecular weight excluding hydrogens is 354 g/mol. The fourth-order valence-corrected chi connectivity index (χ4v) is 4.07. The fourth-order valence-electron chi connectivity index (χ4n) is 2.90. The molecule has 0 saturated heterocycles. The molecule has 2 heterocycles. The molecule has 1 aliphatic rings. The summed E-state index contributed by atoms with van der Waals surface area (Å²) in [7, 11) is -3.55. The van der Waals surface area contributed by atoms with Crippen LogP contribution in [0.1, 0.15) is 31.2 Å². The lowest BCUT2D eigenvalue weighted by Gasteiger charge is -2.09. The first-order chi connectivity index (χ1) is 12.6. The summed E-state index contributed by atoms with van der Waals surface area (Å²) in [6.45, 7) is 1.80. The summed E-state index contributed by atoms with van der Waals surface area (Å²) in [5, 5.41) is 10.1. The van der Waals surface area contributed by atoms with Crippen molar-refractivity contribution in [1.82, 2.24) is 30.8 Å². The Balaban J connectivity index is 1.54. The van der Waals surface area contributed by atoms with Crippen LogP contribution in [0.3, 0.4) is 0 Å². The predicted molar refractivity (Wildman–Crippen MR) is 96.2 cm³/mol. The van der Waals surface area contributed by atoms with Crippen LogP contribution in [0.15, 0.2) is 35.5 Å². The van der Waals surface area contributed by atoms with E-state index >= 15 is 0 Å². The van der Waals surface area contributed by atoms with E-state index in [1.165, 1.54) is 5.56 Å². The zero-order valence-electron chi connectivity index (χ0n) is 14.2. The van der Waals surface area contributed by atoms with Gasteiger partial charge < -0.3 is 5.43 Å². The second-order valence-electron chi connectivity index (χ2n) is 6.30. The number of fused-ring (bicyclic) bond motifs is 1. The minimum atomic E-state index is -3.55. The van der Waals surface area contributed by atoms with E-state index in [1.807, 2.05) is 18.2 Å². The molecule has 1 fully saturated rings. The Bertz CT molecular complexity index is 1020. The predicted octanol–water partition coefficient (Wildman–Crippen LogP) is 1.40. The van der Waals surface area contributed by atoms with Gasteiger partial charge in [-0.3, -0.25) is 0 Å². The van der Waals surface area contributed by atoms with Gasteiger partial charge in [0, 0.05) is 12.0 Å². The maximum atomic E-state index is 12.3. The second kappa shape index (κ2) is 6.61. The smallest absolute Gasteiger partial charge is 0.251 e. The van der Waals surface area contributed by atoms with E-state index < -0.39 is 9.84 Å². The number of anilines is 1. The third-order valence-electron chi connectivity index (χ3n) is 4.31. The highest BCUT2D eigenvalue weighted by Crippen LogP contribution is 2.40. The highest BCUT2D eigenvalue weighted by Gasteiger charge is 2.38. The lowest BCUT2D eigenvalue weighted by atomic mass is 10.1. The van der Waals surface area contributed by atoms with Gasteiger partial charge in [-0.25, -0.2) is 13.8 Å². The number of hydrogen-bond acceptors (Lipinski definition) is 8. The van der Waals surface area contributed by atoms with Gasteiger partial charge in [-0.2, -0.15) is 20.3 Å². The fraction of sp³-hybridized carbons (Fsp3) is 0.375. The number of benzene rings is 1. The van der Waals surface area contributed by atoms with Crippen LogP contribution in [0.4, 0.5) is 5.82 Å². The van der Waals surface area contributed by atoms with Crippen molar-refractivity contribution in [2.24, 2.45) is 0 Å². The van der Waals surface area contributed by atoms with Crippen molar-refractivity contribution in [2.45, 2.75) is 36.9 Å². The van der Waals surface area contributed by atoms with E-state index in [9.17, 15) is 8.42 Å². The molecule has 1 aromatic carbocycles. The molecule has 0 amide bonds. The van der Waals surface area contributed by atoms with Crippen molar-refractivity contribution in [1.29, 1.82) is 0 Å². The van der Waals surface area contributed by atoms with Gasteiger partial charge in [-0.1, -0.05) is 37.3 Å². The Morgan fingerprint density at radius 1 is 1.19 bits per heavy atom. The lowest BCUT2D eigenvalue weighted by Crippen LogP contribution is -2.26. The number of sulfone groups is 1. The van der Waals surface area contributed by atoms with Gasteiger partial charge in [0.1, 0.15) is 0 Å². The Morgan fingerprint density at radius 2 is 2.00 bits per heavy atom. The Labute approximate surface area is 150 Å². The van der Waals surface area contributed by atoms with Gasteiger partial charge >= 0.3 is 0 Å². The van der Waals surface area contributed by atoms with E-state index in [0.29, 0.717) is 23.7 Å². The Kier molecular flexibility index (Phi) is 4.29. The highest BCUT2D eigenvalue weighted by molar-refractivity contribution is 7.91. The molecule has 136 valence electrons. The summed E-state index contributed by atoms with van der Waals surface area (Å²) < 4.78 is 24.6. The molecule has 10 heteroatoms. The molecule has 1 saturated carbocycles. The number of aromatic nitrogens is 5. The van der Waals surface area contributed by atoms with E-state index in [0.717, 1.165) is 6.42 Å². The number of hydrogen-bond donors (Lipinski definition) is 3. The second-order valence-corrected chi connectivity index (χ2v) is 8.30. The molecule has 26 heavy (non-hydrogen) atoms. The van der Waals surface area contributed by atoms with Gasteiger partial charge in [0.05, 0.1) is 5.75 Å². The van der Waals surface area contributed by atoms with Crippen molar-refractivity contribution in [3.05, 3.63) is 35.9 Å². The normalized spacial score (nSPS) is 19.6. The van der Waals surface area contributed by atoms with Crippen LogP contribution >= 0.6 is 0 Å². The van der Waals surface area contributed by atoms with Gasteiger partial charge in [-0.05, 0) is 18.4 Å². The average molecular weight is 373 g/mol. The molecule has 9 nitrogen and oxygen atoms in total. The van der Waals surface area contributed by atoms with Gasteiger partial charge in [0.15, 0.2) is 11.3 Å². The molecule has 2 atom stereocenters. The summed E-state index contributed by atoms with van der Waals surface area (Å²) in [6.07, 6.45) is 1.48. The standard InChI is InChI=1S/C16H19N7O2S/c1-2-8-26(24,25)16-17-14(13-15(18-16)22-23-20-13)21-19-12-9-11(12)10-6-4-3-5-7-10/h3-7,11-12,19H,2,8-9H2,1H3,(H2,17,18,20,21,22,23). The van der Waals surface area contributed by atoms with E-state index in [2.05, 4.69) is 48.4 Å². The number of hydrazine groups is 1. The first-order valence-electron chi connectivity index (χ1n) is 8.46. The largest absolute Gasteiger partial charge is 0.303 e. The number of rotatable bonds is 7. The molecule has 2 unspecified atom stereocenters. The van der Waals surface area contributed by atoms with Gasteiger partial charge in [-0.15, -0.1) is 5.10 Å². The maximum Gasteiger partial charge on any atom is 0.251 e. The highest BCUT2D eigenvalue weighted by atomic mass is 32.2. The summed E-state index contributed by atoms with van der Waals surface area (Å²) in [5.41, 5.74) is 8.08. The van der Waals surface area contributed by atoms with Crippen molar-refractivity contribution < 1.29 is 8.42 Å². The van der Waals surface area contributed by atoms with Crippen LogP contribution < -0.4 is 10.9 Å². The number of aromatic amines is 1. The lowest BCUT2D eigenvalue weighted by molar-refractivity contribution is 0.586. The average Bonchev–Trinajstić information content (AvgIpc) is 3.26. The van der Waals surface area contributed by atoms with E-state index in [4.69, 9.17) is 0 Å². The first-order valence-corrected chi connectivity index (χ1v) is 10.1. The van der Waals surface area contributed by atoms with Crippen LogP contribution in [0, 0.1) is 0 Å². The minimum Gasteiger partial charge on any atom is -0.303 e. The van der Waals surface area contributed by atoms with Crippen molar-refractivity contribution in [2.75, 3.05) is 11.2 Å². The third kappa shape index (κ3) is 3.25. The first kappa shape index (κ1) is 16.9. The molecule has 0 bridgehead atoms. The molecule has 3 N–H and O–H groups in total. The zero-order valence-corrected chi connectivity index (χ0v) is 15.0.